The molecule has 0 saturated carbocycles. The number of benzene rings is 1. The summed E-state index contributed by atoms with van der Waals surface area (Å²) in [6, 6.07) is 12.5. The van der Waals surface area contributed by atoms with Crippen LogP contribution < -0.4 is 0 Å². The van der Waals surface area contributed by atoms with Crippen molar-refractivity contribution in [2.24, 2.45) is 0 Å². The minimum Gasteiger partial charge on any atom is -0.358 e. The zero-order valence-corrected chi connectivity index (χ0v) is 9.45. The largest absolute Gasteiger partial charge is 0.358 e. The van der Waals surface area contributed by atoms with Gasteiger partial charge in [0.15, 0.2) is 0 Å². The summed E-state index contributed by atoms with van der Waals surface area (Å²) in [5.41, 5.74) is 0. The fourth-order valence-electron chi connectivity index (χ4n) is 0.342. The van der Waals surface area contributed by atoms with E-state index in [4.69, 9.17) is 0 Å². The van der Waals surface area contributed by atoms with E-state index in [0.717, 1.165) is 0 Å². The minimum atomic E-state index is 0. The second-order valence-corrected chi connectivity index (χ2v) is 1.08. The van der Waals surface area contributed by atoms with Crippen molar-refractivity contribution in [3.8, 4) is 0 Å². The normalized spacial score (nSPS) is 4.36. The van der Waals surface area contributed by atoms with Crippen LogP contribution in [0.1, 0.15) is 0 Å². The predicted octanol–water partition coefficient (Wildman–Crippen LogP) is 3.29. The predicted molar refractivity (Wildman–Crippen MR) is 50.9 cm³/mol. The van der Waals surface area contributed by atoms with Crippen LogP contribution in [0.5, 0.6) is 0 Å². The third-order valence-corrected chi connectivity index (χ3v) is 0.607. The van der Waals surface area contributed by atoms with Crippen molar-refractivity contribution < 1.29 is 21.7 Å². The summed E-state index contributed by atoms with van der Waals surface area (Å²) < 4.78 is 0. The zero-order valence-electron chi connectivity index (χ0n) is 7.89. The van der Waals surface area contributed by atoms with Gasteiger partial charge in [-0.25, -0.2) is 0 Å². The van der Waals surface area contributed by atoms with Crippen molar-refractivity contribution in [1.82, 2.24) is 0 Å². The van der Waals surface area contributed by atoms with E-state index in [1.165, 1.54) is 0 Å². The van der Waals surface area contributed by atoms with Gasteiger partial charge in [0.2, 0.25) is 0 Å². The Labute approximate surface area is 87.9 Å². The summed E-state index contributed by atoms with van der Waals surface area (Å²) in [6.45, 7) is 0. The Hall–Kier alpha value is -0.0657. The molecule has 0 radical (unpaired) electrons. The van der Waals surface area contributed by atoms with Crippen molar-refractivity contribution in [2.45, 2.75) is 0 Å². The van der Waals surface area contributed by atoms with Crippen LogP contribution in [-0.4, -0.2) is 0 Å². The van der Waals surface area contributed by atoms with Crippen LogP contribution in [0.3, 0.4) is 0 Å². The molecule has 0 unspecified atom stereocenters. The van der Waals surface area contributed by atoms with E-state index in [9.17, 15) is 0 Å². The summed E-state index contributed by atoms with van der Waals surface area (Å²) in [7, 11) is 0. The topological polar surface area (TPSA) is 0 Å². The van der Waals surface area contributed by atoms with E-state index in [2.05, 4.69) is 6.07 Å². The first-order valence-corrected chi connectivity index (χ1v) is 1.91. The molecule has 0 nitrogen and oxygen atoms in total. The van der Waals surface area contributed by atoms with E-state index in [0.29, 0.717) is 0 Å². The van der Waals surface area contributed by atoms with Crippen LogP contribution in [0.4, 0.5) is 0 Å². The molecule has 0 spiro atoms. The average Bonchev–Trinajstić information content (AvgIpc) is 1.72. The summed E-state index contributed by atoms with van der Waals surface area (Å²) >= 11 is 0. The molecule has 0 aliphatic heterocycles. The van der Waals surface area contributed by atoms with Gasteiger partial charge in [0.05, 0.1) is 0 Å². The number of hydrogen-bond acceptors (Lipinski definition) is 0. The van der Waals surface area contributed by atoms with Crippen molar-refractivity contribution in [3.05, 3.63) is 66.1 Å². The van der Waals surface area contributed by atoms with Crippen molar-refractivity contribution >= 4 is 0 Å². The quantitative estimate of drug-likeness (QED) is 0.429. The number of hydrogen-bond donors (Lipinski definition) is 0. The third-order valence-electron chi connectivity index (χ3n) is 0.607. The molecular weight excluding hydrogens is 168 g/mol. The standard InChI is InChI=1S/C6H5.4CH3.Ti/c1-2-4-6-5-3-1;;;;;/h1-5H;4*1H3;/q5*-1;. The van der Waals surface area contributed by atoms with Gasteiger partial charge in [-0.15, -0.1) is 0 Å². The van der Waals surface area contributed by atoms with Gasteiger partial charge >= 0.3 is 0 Å². The molecule has 1 aromatic rings. The molecule has 0 saturated heterocycles. The molecule has 1 heteroatoms. The smallest absolute Gasteiger partial charge is 0 e. The van der Waals surface area contributed by atoms with E-state index in [1.807, 2.05) is 30.3 Å². The first-order chi connectivity index (χ1) is 3.00. The van der Waals surface area contributed by atoms with E-state index in [-0.39, 0.29) is 51.4 Å². The maximum absolute atomic E-state index is 2.89. The average molecular weight is 185 g/mol. The molecule has 0 atom stereocenters. The molecule has 1 aromatic carbocycles. The van der Waals surface area contributed by atoms with E-state index < -0.39 is 0 Å². The Balaban J connectivity index is -0.0000000240. The molecule has 0 amide bonds. The molecule has 0 fully saturated rings. The fraction of sp³-hybridized carbons (Fsp3) is 0. The first-order valence-electron chi connectivity index (χ1n) is 1.91. The van der Waals surface area contributed by atoms with Crippen LogP contribution >= 0.6 is 0 Å². The maximum atomic E-state index is 2.89. The second-order valence-electron chi connectivity index (χ2n) is 1.08. The van der Waals surface area contributed by atoms with Gasteiger partial charge in [0, 0.05) is 21.7 Å². The SMILES string of the molecule is [CH3-].[CH3-].[CH3-].[CH3-].[Ti].[c-]1ccccc1. The Morgan fingerprint density at radius 3 is 1.09 bits per heavy atom. The minimum absolute atomic E-state index is 0. The van der Waals surface area contributed by atoms with Gasteiger partial charge in [-0.3, -0.25) is 0 Å². The fourth-order valence-corrected chi connectivity index (χ4v) is 0.342. The third kappa shape index (κ3) is 17.8. The van der Waals surface area contributed by atoms with Crippen LogP contribution in [0.2, 0.25) is 0 Å². The molecular formula is C10H17Ti-5. The monoisotopic (exact) mass is 185 g/mol. The Morgan fingerprint density at radius 1 is 0.636 bits per heavy atom. The van der Waals surface area contributed by atoms with E-state index >= 15 is 0 Å². The van der Waals surface area contributed by atoms with Gasteiger partial charge in [-0.2, -0.15) is 36.4 Å². The molecule has 66 valence electrons. The maximum Gasteiger partial charge on any atom is 0 e. The summed E-state index contributed by atoms with van der Waals surface area (Å²) in [5.74, 6) is 0. The summed E-state index contributed by atoms with van der Waals surface area (Å²) in [6.07, 6.45) is 0. The second kappa shape index (κ2) is 22.5. The first kappa shape index (κ1) is 30.6. The van der Waals surface area contributed by atoms with Crippen LogP contribution in [-0.2, 0) is 21.7 Å². The van der Waals surface area contributed by atoms with Crippen LogP contribution in [0.25, 0.3) is 0 Å². The summed E-state index contributed by atoms with van der Waals surface area (Å²) in [5, 5.41) is 0. The van der Waals surface area contributed by atoms with Gasteiger partial charge in [0.25, 0.3) is 0 Å². The molecule has 0 aliphatic carbocycles. The molecule has 0 bridgehead atoms. The van der Waals surface area contributed by atoms with Crippen LogP contribution in [0.15, 0.2) is 30.3 Å². The van der Waals surface area contributed by atoms with Gasteiger partial charge < -0.3 is 29.7 Å². The van der Waals surface area contributed by atoms with Gasteiger partial charge in [-0.1, -0.05) is 0 Å². The van der Waals surface area contributed by atoms with Gasteiger partial charge in [0.1, 0.15) is 0 Å². The van der Waals surface area contributed by atoms with Crippen molar-refractivity contribution in [3.63, 3.8) is 0 Å². The Kier molecular flexibility index (Phi) is 62.7. The van der Waals surface area contributed by atoms with Crippen molar-refractivity contribution in [2.75, 3.05) is 0 Å². The van der Waals surface area contributed by atoms with E-state index in [1.54, 1.807) is 0 Å². The molecule has 0 aliphatic rings. The number of rotatable bonds is 0. The zero-order chi connectivity index (χ0) is 4.24. The molecule has 0 aromatic heterocycles. The van der Waals surface area contributed by atoms with Gasteiger partial charge in [-0.05, 0) is 0 Å². The molecule has 0 N–H and O–H groups in total. The molecule has 0 heterocycles. The molecule has 1 rings (SSSR count). The molecule has 11 heavy (non-hydrogen) atoms. The summed E-state index contributed by atoms with van der Waals surface area (Å²) in [4.78, 5) is 0. The van der Waals surface area contributed by atoms with Crippen LogP contribution in [0, 0.1) is 35.8 Å². The Morgan fingerprint density at radius 2 is 1.00 bits per heavy atom. The Bertz CT molecular complexity index is 76.8. The van der Waals surface area contributed by atoms with Crippen molar-refractivity contribution in [1.29, 1.82) is 0 Å².